The van der Waals surface area contributed by atoms with Gasteiger partial charge in [-0.05, 0) is 37.6 Å². The van der Waals surface area contributed by atoms with Crippen LogP contribution < -0.4 is 10.6 Å². The summed E-state index contributed by atoms with van der Waals surface area (Å²) in [5.74, 6) is -0.876. The molecule has 27 heavy (non-hydrogen) atoms. The summed E-state index contributed by atoms with van der Waals surface area (Å²) in [4.78, 5) is 38.0. The molecule has 0 aliphatic heterocycles. The Bertz CT molecular complexity index is 754. The van der Waals surface area contributed by atoms with Crippen molar-refractivity contribution in [2.45, 2.75) is 26.7 Å². The second-order valence-corrected chi connectivity index (χ2v) is 6.25. The fraction of sp³-hybridized carbons (Fsp3) is 0.350. The average molecular weight is 371 g/mol. The first-order valence-electron chi connectivity index (χ1n) is 8.95. The molecule has 2 N–H and O–H groups in total. The molecule has 2 aromatic rings. The van der Waals surface area contributed by atoms with Gasteiger partial charge in [-0.2, -0.15) is 0 Å². The van der Waals surface area contributed by atoms with Crippen LogP contribution in [0.3, 0.4) is 0 Å². The van der Waals surface area contributed by atoms with E-state index in [1.165, 1.54) is 11.2 Å². The van der Waals surface area contributed by atoms with Crippen LogP contribution in [0.4, 0.5) is 5.69 Å². The van der Waals surface area contributed by atoms with E-state index in [0.29, 0.717) is 12.2 Å². The van der Waals surface area contributed by atoms with Crippen LogP contribution in [0.15, 0.2) is 47.1 Å². The fourth-order valence-electron chi connectivity index (χ4n) is 2.41. The van der Waals surface area contributed by atoms with E-state index in [1.807, 2.05) is 26.0 Å². The van der Waals surface area contributed by atoms with Gasteiger partial charge in [-0.3, -0.25) is 14.4 Å². The van der Waals surface area contributed by atoms with E-state index in [4.69, 9.17) is 4.42 Å². The van der Waals surface area contributed by atoms with Crippen LogP contribution in [0.25, 0.3) is 0 Å². The number of hydrogen-bond donors (Lipinski definition) is 2. The van der Waals surface area contributed by atoms with Crippen molar-refractivity contribution >= 4 is 23.4 Å². The molecule has 144 valence electrons. The number of nitrogens with zero attached hydrogens (tertiary/aromatic N) is 1. The first-order chi connectivity index (χ1) is 13.0. The van der Waals surface area contributed by atoms with Gasteiger partial charge in [0.2, 0.25) is 11.8 Å². The molecule has 3 amide bonds. The standard InChI is InChI=1S/C20H25N3O4/c1-3-4-11-23(20(26)17-6-5-12-27-17)14-19(25)21-13-18(24)22-16-9-7-15(2)8-10-16/h5-10,12H,3-4,11,13-14H2,1-2H3,(H,21,25)(H,22,24). The number of aryl methyl sites for hydroxylation is 1. The Morgan fingerprint density at radius 1 is 1.07 bits per heavy atom. The molecule has 0 spiro atoms. The molecule has 0 aliphatic rings. The molecule has 7 nitrogen and oxygen atoms in total. The number of benzene rings is 1. The van der Waals surface area contributed by atoms with E-state index < -0.39 is 5.91 Å². The van der Waals surface area contributed by atoms with Gasteiger partial charge in [0.05, 0.1) is 19.4 Å². The quantitative estimate of drug-likeness (QED) is 0.709. The lowest BCUT2D eigenvalue weighted by Gasteiger charge is -2.20. The second-order valence-electron chi connectivity index (χ2n) is 6.25. The Balaban J connectivity index is 1.84. The van der Waals surface area contributed by atoms with Gasteiger partial charge in [-0.25, -0.2) is 0 Å². The minimum atomic E-state index is -0.398. The molecular weight excluding hydrogens is 346 g/mol. The summed E-state index contributed by atoms with van der Waals surface area (Å²) in [7, 11) is 0. The number of furan rings is 1. The van der Waals surface area contributed by atoms with Gasteiger partial charge < -0.3 is 20.0 Å². The van der Waals surface area contributed by atoms with Crippen LogP contribution >= 0.6 is 0 Å². The van der Waals surface area contributed by atoms with Crippen molar-refractivity contribution in [1.29, 1.82) is 0 Å². The second kappa shape index (κ2) is 10.2. The smallest absolute Gasteiger partial charge is 0.290 e. The third kappa shape index (κ3) is 6.62. The molecule has 0 saturated heterocycles. The van der Waals surface area contributed by atoms with Crippen LogP contribution in [0.2, 0.25) is 0 Å². The Kier molecular flexibility index (Phi) is 7.61. The predicted molar refractivity (Wildman–Crippen MR) is 102 cm³/mol. The maximum atomic E-state index is 12.4. The molecule has 0 atom stereocenters. The predicted octanol–water partition coefficient (Wildman–Crippen LogP) is 2.59. The van der Waals surface area contributed by atoms with Crippen LogP contribution in [0.5, 0.6) is 0 Å². The topological polar surface area (TPSA) is 91.7 Å². The minimum Gasteiger partial charge on any atom is -0.459 e. The summed E-state index contributed by atoms with van der Waals surface area (Å²) in [5.41, 5.74) is 1.76. The van der Waals surface area contributed by atoms with E-state index >= 15 is 0 Å². The molecule has 0 bridgehead atoms. The number of amides is 3. The Morgan fingerprint density at radius 3 is 2.44 bits per heavy atom. The van der Waals surface area contributed by atoms with Crippen molar-refractivity contribution in [3.63, 3.8) is 0 Å². The van der Waals surface area contributed by atoms with Gasteiger partial charge in [0, 0.05) is 12.2 Å². The van der Waals surface area contributed by atoms with Crippen molar-refractivity contribution in [3.05, 3.63) is 54.0 Å². The van der Waals surface area contributed by atoms with E-state index in [9.17, 15) is 14.4 Å². The summed E-state index contributed by atoms with van der Waals surface area (Å²) in [6.45, 7) is 4.12. The summed E-state index contributed by atoms with van der Waals surface area (Å²) < 4.78 is 5.12. The van der Waals surface area contributed by atoms with Crippen molar-refractivity contribution in [2.75, 3.05) is 25.0 Å². The zero-order valence-corrected chi connectivity index (χ0v) is 15.7. The van der Waals surface area contributed by atoms with Crippen molar-refractivity contribution < 1.29 is 18.8 Å². The monoisotopic (exact) mass is 371 g/mol. The lowest BCUT2D eigenvalue weighted by Crippen LogP contribution is -2.43. The van der Waals surface area contributed by atoms with E-state index in [-0.39, 0.29) is 30.7 Å². The van der Waals surface area contributed by atoms with Crippen LogP contribution in [0.1, 0.15) is 35.9 Å². The van der Waals surface area contributed by atoms with E-state index in [1.54, 1.807) is 24.3 Å². The third-order valence-corrected chi connectivity index (χ3v) is 3.92. The zero-order valence-electron chi connectivity index (χ0n) is 15.7. The minimum absolute atomic E-state index is 0.128. The number of hydrogen-bond acceptors (Lipinski definition) is 4. The van der Waals surface area contributed by atoms with Gasteiger partial charge in [0.25, 0.3) is 5.91 Å². The van der Waals surface area contributed by atoms with E-state index in [2.05, 4.69) is 10.6 Å². The summed E-state index contributed by atoms with van der Waals surface area (Å²) in [6, 6.07) is 10.6. The summed E-state index contributed by atoms with van der Waals surface area (Å²) in [6.07, 6.45) is 3.08. The number of nitrogens with one attached hydrogen (secondary N) is 2. The SMILES string of the molecule is CCCCN(CC(=O)NCC(=O)Nc1ccc(C)cc1)C(=O)c1ccco1. The maximum absolute atomic E-state index is 12.4. The molecule has 1 aromatic carbocycles. The number of rotatable bonds is 9. The number of unbranched alkanes of at least 4 members (excludes halogenated alkanes) is 1. The average Bonchev–Trinajstić information content (AvgIpc) is 3.19. The van der Waals surface area contributed by atoms with Crippen molar-refractivity contribution in [2.24, 2.45) is 0 Å². The van der Waals surface area contributed by atoms with Gasteiger partial charge in [-0.1, -0.05) is 31.0 Å². The molecule has 0 radical (unpaired) electrons. The molecule has 7 heteroatoms. The third-order valence-electron chi connectivity index (χ3n) is 3.92. The highest BCUT2D eigenvalue weighted by Gasteiger charge is 2.20. The summed E-state index contributed by atoms with van der Waals surface area (Å²) in [5, 5.41) is 5.25. The van der Waals surface area contributed by atoms with Crippen molar-refractivity contribution in [1.82, 2.24) is 10.2 Å². The number of anilines is 1. The lowest BCUT2D eigenvalue weighted by atomic mass is 10.2. The Labute approximate surface area is 158 Å². The maximum Gasteiger partial charge on any atom is 0.290 e. The molecule has 0 fully saturated rings. The molecular formula is C20H25N3O4. The molecule has 0 saturated carbocycles. The van der Waals surface area contributed by atoms with Crippen molar-refractivity contribution in [3.8, 4) is 0 Å². The normalized spacial score (nSPS) is 10.3. The zero-order chi connectivity index (χ0) is 19.6. The van der Waals surface area contributed by atoms with Gasteiger partial charge >= 0.3 is 0 Å². The molecule has 1 heterocycles. The van der Waals surface area contributed by atoms with Gasteiger partial charge in [0.15, 0.2) is 5.76 Å². The number of carbonyl (C=O) groups is 3. The molecule has 0 aliphatic carbocycles. The van der Waals surface area contributed by atoms with Gasteiger partial charge in [0.1, 0.15) is 0 Å². The van der Waals surface area contributed by atoms with Crippen LogP contribution in [-0.2, 0) is 9.59 Å². The van der Waals surface area contributed by atoms with Gasteiger partial charge in [-0.15, -0.1) is 0 Å². The highest BCUT2D eigenvalue weighted by molar-refractivity contribution is 5.96. The largest absolute Gasteiger partial charge is 0.459 e. The van der Waals surface area contributed by atoms with Crippen LogP contribution in [-0.4, -0.2) is 42.3 Å². The highest BCUT2D eigenvalue weighted by atomic mass is 16.3. The Morgan fingerprint density at radius 2 is 1.81 bits per heavy atom. The number of carbonyl (C=O) groups excluding carboxylic acids is 3. The first kappa shape index (κ1) is 20.2. The summed E-state index contributed by atoms with van der Waals surface area (Å²) >= 11 is 0. The Hall–Kier alpha value is -3.09. The first-order valence-corrected chi connectivity index (χ1v) is 8.95. The fourth-order valence-corrected chi connectivity index (χ4v) is 2.41. The lowest BCUT2D eigenvalue weighted by molar-refractivity contribution is -0.124. The molecule has 1 aromatic heterocycles. The molecule has 0 unspecified atom stereocenters. The van der Waals surface area contributed by atoms with E-state index in [0.717, 1.165) is 18.4 Å². The van der Waals surface area contributed by atoms with Crippen LogP contribution in [0, 0.1) is 6.92 Å². The molecule has 2 rings (SSSR count). The highest BCUT2D eigenvalue weighted by Crippen LogP contribution is 2.08.